The summed E-state index contributed by atoms with van der Waals surface area (Å²) in [5, 5.41) is 0. The Kier molecular flexibility index (Phi) is 8.73. The van der Waals surface area contributed by atoms with Crippen LogP contribution in [0.5, 0.6) is 0 Å². The summed E-state index contributed by atoms with van der Waals surface area (Å²) in [6.45, 7) is 4.45. The Bertz CT molecular complexity index is 150. The van der Waals surface area contributed by atoms with E-state index >= 15 is 0 Å². The average molecular weight is 184 g/mol. The summed E-state index contributed by atoms with van der Waals surface area (Å²) >= 11 is 0. The van der Waals surface area contributed by atoms with Crippen LogP contribution in [0.1, 0.15) is 46.0 Å². The van der Waals surface area contributed by atoms with Crippen molar-refractivity contribution in [2.45, 2.75) is 46.0 Å². The molecule has 0 atom stereocenters. The molecule has 13 heavy (non-hydrogen) atoms. The van der Waals surface area contributed by atoms with Gasteiger partial charge in [0.25, 0.3) is 0 Å². The maximum Gasteiger partial charge on any atom is 0.305 e. The fraction of sp³-hybridized carbons (Fsp3) is 0.727. The standard InChI is InChI=1S/C11H20O2/c1-3-5-6-7-8-9-10-11(12)13-4-2/h5-6H,3-4,7-10H2,1-2H3/b6-5-. The minimum Gasteiger partial charge on any atom is -0.466 e. The molecule has 0 fully saturated rings. The first-order valence-corrected chi connectivity index (χ1v) is 5.11. The Morgan fingerprint density at radius 1 is 1.23 bits per heavy atom. The van der Waals surface area contributed by atoms with Crippen molar-refractivity contribution in [3.63, 3.8) is 0 Å². The fourth-order valence-corrected chi connectivity index (χ4v) is 1.05. The number of esters is 1. The van der Waals surface area contributed by atoms with Crippen LogP contribution in [0, 0.1) is 0 Å². The summed E-state index contributed by atoms with van der Waals surface area (Å²) in [7, 11) is 0. The molecule has 0 unspecified atom stereocenters. The minimum absolute atomic E-state index is 0.0676. The van der Waals surface area contributed by atoms with Gasteiger partial charge in [0.05, 0.1) is 6.61 Å². The van der Waals surface area contributed by atoms with Gasteiger partial charge in [-0.2, -0.15) is 0 Å². The Hall–Kier alpha value is -0.790. The van der Waals surface area contributed by atoms with Crippen LogP contribution in [0.15, 0.2) is 12.2 Å². The molecule has 0 amide bonds. The minimum atomic E-state index is -0.0676. The molecule has 0 N–H and O–H groups in total. The zero-order valence-electron chi connectivity index (χ0n) is 8.71. The molecule has 0 radical (unpaired) electrons. The van der Waals surface area contributed by atoms with E-state index in [-0.39, 0.29) is 5.97 Å². The molecule has 0 aromatic heterocycles. The van der Waals surface area contributed by atoms with Gasteiger partial charge in [-0.3, -0.25) is 4.79 Å². The van der Waals surface area contributed by atoms with Crippen LogP contribution >= 0.6 is 0 Å². The zero-order valence-corrected chi connectivity index (χ0v) is 8.71. The Morgan fingerprint density at radius 3 is 2.62 bits per heavy atom. The number of carbonyl (C=O) groups is 1. The molecule has 0 aromatic carbocycles. The van der Waals surface area contributed by atoms with Crippen LogP contribution in [0.25, 0.3) is 0 Å². The lowest BCUT2D eigenvalue weighted by Gasteiger charge is -1.99. The number of unbranched alkanes of at least 4 members (excludes halogenated alkanes) is 2. The van der Waals surface area contributed by atoms with Gasteiger partial charge >= 0.3 is 5.97 Å². The van der Waals surface area contributed by atoms with E-state index in [0.29, 0.717) is 13.0 Å². The second-order valence-electron chi connectivity index (χ2n) is 2.93. The predicted octanol–water partition coefficient (Wildman–Crippen LogP) is 3.08. The van der Waals surface area contributed by atoms with Crippen molar-refractivity contribution in [1.29, 1.82) is 0 Å². The molecule has 2 nitrogen and oxygen atoms in total. The van der Waals surface area contributed by atoms with Crippen molar-refractivity contribution in [1.82, 2.24) is 0 Å². The summed E-state index contributed by atoms with van der Waals surface area (Å²) in [4.78, 5) is 10.9. The summed E-state index contributed by atoms with van der Waals surface area (Å²) in [6.07, 6.45) is 9.08. The molecule has 0 saturated heterocycles. The molecule has 0 aromatic rings. The highest BCUT2D eigenvalue weighted by Crippen LogP contribution is 2.02. The van der Waals surface area contributed by atoms with Gasteiger partial charge in [-0.25, -0.2) is 0 Å². The van der Waals surface area contributed by atoms with Gasteiger partial charge < -0.3 is 4.74 Å². The van der Waals surface area contributed by atoms with Crippen LogP contribution in [0.2, 0.25) is 0 Å². The normalized spacial score (nSPS) is 10.6. The number of hydrogen-bond acceptors (Lipinski definition) is 2. The third-order valence-electron chi connectivity index (χ3n) is 1.71. The van der Waals surface area contributed by atoms with E-state index in [1.807, 2.05) is 6.92 Å². The van der Waals surface area contributed by atoms with Crippen LogP contribution in [0.3, 0.4) is 0 Å². The van der Waals surface area contributed by atoms with Gasteiger partial charge in [0.15, 0.2) is 0 Å². The van der Waals surface area contributed by atoms with E-state index in [1.54, 1.807) is 0 Å². The van der Waals surface area contributed by atoms with Gasteiger partial charge in [-0.15, -0.1) is 0 Å². The molecule has 2 heteroatoms. The molecule has 76 valence electrons. The monoisotopic (exact) mass is 184 g/mol. The summed E-state index contributed by atoms with van der Waals surface area (Å²) in [6, 6.07) is 0. The topological polar surface area (TPSA) is 26.3 Å². The van der Waals surface area contributed by atoms with Crippen molar-refractivity contribution in [2.24, 2.45) is 0 Å². The summed E-state index contributed by atoms with van der Waals surface area (Å²) in [5.41, 5.74) is 0. The van der Waals surface area contributed by atoms with Gasteiger partial charge in [0, 0.05) is 6.42 Å². The number of carbonyl (C=O) groups excluding carboxylic acids is 1. The first-order valence-electron chi connectivity index (χ1n) is 5.11. The highest BCUT2D eigenvalue weighted by atomic mass is 16.5. The molecule has 0 bridgehead atoms. The number of rotatable bonds is 7. The number of ether oxygens (including phenoxy) is 1. The molecule has 0 spiro atoms. The Balaban J connectivity index is 3.15. The van der Waals surface area contributed by atoms with E-state index in [9.17, 15) is 4.79 Å². The van der Waals surface area contributed by atoms with Crippen molar-refractivity contribution < 1.29 is 9.53 Å². The third-order valence-corrected chi connectivity index (χ3v) is 1.71. The highest BCUT2D eigenvalue weighted by Gasteiger charge is 1.99. The lowest BCUT2D eigenvalue weighted by Crippen LogP contribution is -2.02. The second-order valence-corrected chi connectivity index (χ2v) is 2.93. The molecule has 0 saturated carbocycles. The predicted molar refractivity (Wildman–Crippen MR) is 54.5 cm³/mol. The Labute approximate surface area is 81.0 Å². The van der Waals surface area contributed by atoms with Gasteiger partial charge in [0.1, 0.15) is 0 Å². The van der Waals surface area contributed by atoms with Crippen LogP contribution < -0.4 is 0 Å². The number of allylic oxidation sites excluding steroid dienone is 2. The van der Waals surface area contributed by atoms with Crippen LogP contribution in [0.4, 0.5) is 0 Å². The number of hydrogen-bond donors (Lipinski definition) is 0. The molecular weight excluding hydrogens is 164 g/mol. The first-order chi connectivity index (χ1) is 6.31. The van der Waals surface area contributed by atoms with E-state index in [0.717, 1.165) is 25.7 Å². The average Bonchev–Trinajstić information content (AvgIpc) is 2.11. The van der Waals surface area contributed by atoms with Gasteiger partial charge in [-0.1, -0.05) is 19.1 Å². The molecular formula is C11H20O2. The SMILES string of the molecule is CC/C=C\CCCCC(=O)OCC. The maximum atomic E-state index is 10.9. The van der Waals surface area contributed by atoms with E-state index in [2.05, 4.69) is 19.1 Å². The first kappa shape index (κ1) is 12.2. The van der Waals surface area contributed by atoms with Crippen LogP contribution in [-0.2, 0) is 9.53 Å². The van der Waals surface area contributed by atoms with Gasteiger partial charge in [0.2, 0.25) is 0 Å². The van der Waals surface area contributed by atoms with E-state index < -0.39 is 0 Å². The van der Waals surface area contributed by atoms with Crippen molar-refractivity contribution in [3.05, 3.63) is 12.2 Å². The quantitative estimate of drug-likeness (QED) is 0.345. The molecule has 0 heterocycles. The van der Waals surface area contributed by atoms with Crippen molar-refractivity contribution in [2.75, 3.05) is 6.61 Å². The summed E-state index contributed by atoms with van der Waals surface area (Å²) < 4.78 is 4.81. The lowest BCUT2D eigenvalue weighted by atomic mass is 10.2. The molecule has 0 aliphatic rings. The van der Waals surface area contributed by atoms with Crippen LogP contribution in [-0.4, -0.2) is 12.6 Å². The second kappa shape index (κ2) is 9.30. The lowest BCUT2D eigenvalue weighted by molar-refractivity contribution is -0.143. The largest absolute Gasteiger partial charge is 0.466 e. The molecule has 0 aliphatic heterocycles. The zero-order chi connectivity index (χ0) is 9.94. The fourth-order valence-electron chi connectivity index (χ4n) is 1.05. The Morgan fingerprint density at radius 2 is 2.00 bits per heavy atom. The molecule has 0 aliphatic carbocycles. The van der Waals surface area contributed by atoms with Crippen molar-refractivity contribution in [3.8, 4) is 0 Å². The summed E-state index contributed by atoms with van der Waals surface area (Å²) in [5.74, 6) is -0.0676. The van der Waals surface area contributed by atoms with E-state index in [1.165, 1.54) is 0 Å². The third kappa shape index (κ3) is 9.12. The maximum absolute atomic E-state index is 10.9. The molecule has 0 rings (SSSR count). The smallest absolute Gasteiger partial charge is 0.305 e. The van der Waals surface area contributed by atoms with E-state index in [4.69, 9.17) is 4.74 Å². The highest BCUT2D eigenvalue weighted by molar-refractivity contribution is 5.69. The van der Waals surface area contributed by atoms with Gasteiger partial charge in [-0.05, 0) is 32.6 Å². The van der Waals surface area contributed by atoms with Crippen molar-refractivity contribution >= 4 is 5.97 Å².